The lowest BCUT2D eigenvalue weighted by Gasteiger charge is -2.09. The van der Waals surface area contributed by atoms with E-state index in [2.05, 4.69) is 4.98 Å². The van der Waals surface area contributed by atoms with Crippen LogP contribution in [0, 0.1) is 5.82 Å². The molecule has 0 fully saturated rings. The molecule has 4 N–H and O–H groups in total. The summed E-state index contributed by atoms with van der Waals surface area (Å²) in [6, 6.07) is 4.91. The van der Waals surface area contributed by atoms with E-state index in [0.717, 1.165) is 6.07 Å². The first-order chi connectivity index (χ1) is 8.97. The Labute approximate surface area is 112 Å². The van der Waals surface area contributed by atoms with Crippen LogP contribution in [0.4, 0.5) is 10.1 Å². The van der Waals surface area contributed by atoms with Crippen LogP contribution in [0.3, 0.4) is 0 Å². The number of amides is 1. The zero-order valence-electron chi connectivity index (χ0n) is 9.56. The van der Waals surface area contributed by atoms with Crippen molar-refractivity contribution >= 4 is 23.2 Å². The zero-order valence-corrected chi connectivity index (χ0v) is 10.3. The van der Waals surface area contributed by atoms with Crippen LogP contribution in [0.25, 0.3) is 0 Å². The van der Waals surface area contributed by atoms with Gasteiger partial charge in [-0.05, 0) is 24.3 Å². The van der Waals surface area contributed by atoms with Crippen LogP contribution in [0.5, 0.6) is 11.6 Å². The molecular formula is C12H9ClFN3O2. The molecule has 0 saturated carbocycles. The van der Waals surface area contributed by atoms with E-state index < -0.39 is 11.7 Å². The number of primary amides is 1. The van der Waals surface area contributed by atoms with Gasteiger partial charge in [0.1, 0.15) is 17.1 Å². The maximum absolute atomic E-state index is 12.9. The van der Waals surface area contributed by atoms with Gasteiger partial charge in [0, 0.05) is 0 Å². The summed E-state index contributed by atoms with van der Waals surface area (Å²) < 4.78 is 18.2. The van der Waals surface area contributed by atoms with E-state index >= 15 is 0 Å². The molecule has 98 valence electrons. The molecule has 0 atom stereocenters. The fourth-order valence-electron chi connectivity index (χ4n) is 1.39. The van der Waals surface area contributed by atoms with Crippen LogP contribution in [0.1, 0.15) is 10.4 Å². The van der Waals surface area contributed by atoms with Gasteiger partial charge >= 0.3 is 0 Å². The van der Waals surface area contributed by atoms with Gasteiger partial charge in [-0.25, -0.2) is 9.37 Å². The number of halogens is 2. The molecule has 2 aromatic rings. The highest BCUT2D eigenvalue weighted by molar-refractivity contribution is 6.32. The predicted molar refractivity (Wildman–Crippen MR) is 68.7 cm³/mol. The lowest BCUT2D eigenvalue weighted by Crippen LogP contribution is -2.13. The van der Waals surface area contributed by atoms with Crippen molar-refractivity contribution in [1.29, 1.82) is 0 Å². The molecule has 0 aliphatic carbocycles. The maximum Gasteiger partial charge on any atom is 0.254 e. The number of hydrogen-bond donors (Lipinski definition) is 2. The van der Waals surface area contributed by atoms with Crippen LogP contribution in [0.15, 0.2) is 30.5 Å². The number of pyridine rings is 1. The van der Waals surface area contributed by atoms with Crippen LogP contribution >= 0.6 is 11.6 Å². The number of aromatic nitrogens is 1. The number of nitrogens with zero attached hydrogens (tertiary/aromatic N) is 1. The summed E-state index contributed by atoms with van der Waals surface area (Å²) >= 11 is 5.81. The molecule has 2 rings (SSSR count). The van der Waals surface area contributed by atoms with Crippen molar-refractivity contribution in [3.05, 3.63) is 46.9 Å². The second-order valence-electron chi connectivity index (χ2n) is 3.66. The molecule has 0 aliphatic heterocycles. The number of ether oxygens (including phenoxy) is 1. The second-order valence-corrected chi connectivity index (χ2v) is 4.07. The van der Waals surface area contributed by atoms with Crippen molar-refractivity contribution in [2.45, 2.75) is 0 Å². The van der Waals surface area contributed by atoms with E-state index in [4.69, 9.17) is 27.8 Å². The van der Waals surface area contributed by atoms with E-state index in [0.29, 0.717) is 0 Å². The molecule has 7 heteroatoms. The van der Waals surface area contributed by atoms with Crippen molar-refractivity contribution in [2.24, 2.45) is 5.73 Å². The van der Waals surface area contributed by atoms with Crippen LogP contribution < -0.4 is 16.2 Å². The third-order valence-electron chi connectivity index (χ3n) is 2.24. The standard InChI is InChI=1S/C12H9ClFN3O2/c13-9-3-6(14)1-2-10(9)19-12-8(11(16)18)4-7(15)5-17-12/h1-5H,15H2,(H2,16,18). The highest BCUT2D eigenvalue weighted by atomic mass is 35.5. The van der Waals surface area contributed by atoms with E-state index in [9.17, 15) is 9.18 Å². The molecule has 0 bridgehead atoms. The molecule has 0 spiro atoms. The topological polar surface area (TPSA) is 91.2 Å². The SMILES string of the molecule is NC(=O)c1cc(N)cnc1Oc1ccc(F)cc1Cl. The van der Waals surface area contributed by atoms with Crippen molar-refractivity contribution in [3.63, 3.8) is 0 Å². The van der Waals surface area contributed by atoms with Gasteiger partial charge in [-0.2, -0.15) is 0 Å². The number of rotatable bonds is 3. The quantitative estimate of drug-likeness (QED) is 0.903. The molecule has 1 aromatic carbocycles. The molecule has 1 aromatic heterocycles. The summed E-state index contributed by atoms with van der Waals surface area (Å²) in [5.74, 6) is -1.14. The average molecular weight is 282 g/mol. The van der Waals surface area contributed by atoms with Crippen LogP contribution in [-0.2, 0) is 0 Å². The minimum absolute atomic E-state index is 0.0143. The van der Waals surface area contributed by atoms with Gasteiger partial charge in [-0.15, -0.1) is 0 Å². The van der Waals surface area contributed by atoms with Crippen molar-refractivity contribution in [2.75, 3.05) is 5.73 Å². The fraction of sp³-hybridized carbons (Fsp3) is 0. The summed E-state index contributed by atoms with van der Waals surface area (Å²) in [6.07, 6.45) is 1.30. The summed E-state index contributed by atoms with van der Waals surface area (Å²) in [6.45, 7) is 0. The Hall–Kier alpha value is -2.34. The lowest BCUT2D eigenvalue weighted by molar-refractivity contribution is 0.0997. The van der Waals surface area contributed by atoms with Gasteiger partial charge in [-0.3, -0.25) is 4.79 Å². The predicted octanol–water partition coefficient (Wildman–Crippen LogP) is 2.35. The smallest absolute Gasteiger partial charge is 0.254 e. The van der Waals surface area contributed by atoms with Gasteiger partial charge < -0.3 is 16.2 Å². The van der Waals surface area contributed by atoms with Crippen molar-refractivity contribution in [1.82, 2.24) is 4.98 Å². The van der Waals surface area contributed by atoms with E-state index in [1.54, 1.807) is 0 Å². The molecule has 0 saturated heterocycles. The fourth-order valence-corrected chi connectivity index (χ4v) is 1.59. The van der Waals surface area contributed by atoms with Gasteiger partial charge in [0.15, 0.2) is 0 Å². The molecule has 5 nitrogen and oxygen atoms in total. The first-order valence-corrected chi connectivity index (χ1v) is 5.53. The average Bonchev–Trinajstić information content (AvgIpc) is 2.34. The summed E-state index contributed by atoms with van der Waals surface area (Å²) in [5.41, 5.74) is 11.0. The monoisotopic (exact) mass is 281 g/mol. The molecule has 0 radical (unpaired) electrons. The molecular weight excluding hydrogens is 273 g/mol. The van der Waals surface area contributed by atoms with Gasteiger partial charge in [0.25, 0.3) is 5.91 Å². The first-order valence-electron chi connectivity index (χ1n) is 5.15. The molecule has 1 amide bonds. The number of carbonyl (C=O) groups is 1. The Bertz CT molecular complexity index is 649. The van der Waals surface area contributed by atoms with Crippen LogP contribution in [0.2, 0.25) is 5.02 Å². The summed E-state index contributed by atoms with van der Waals surface area (Å²) in [5, 5.41) is 0.0500. The second kappa shape index (κ2) is 5.11. The minimum atomic E-state index is -0.743. The van der Waals surface area contributed by atoms with E-state index in [1.165, 1.54) is 24.4 Å². The summed E-state index contributed by atoms with van der Waals surface area (Å²) in [4.78, 5) is 15.1. The van der Waals surface area contributed by atoms with Crippen molar-refractivity contribution < 1.29 is 13.9 Å². The Balaban J connectivity index is 2.40. The highest BCUT2D eigenvalue weighted by Crippen LogP contribution is 2.30. The normalized spacial score (nSPS) is 10.2. The number of benzene rings is 1. The molecule has 0 aliphatic rings. The van der Waals surface area contributed by atoms with E-state index in [-0.39, 0.29) is 27.9 Å². The van der Waals surface area contributed by atoms with Gasteiger partial charge in [0.05, 0.1) is 16.9 Å². The Kier molecular flexibility index (Phi) is 3.52. The Morgan fingerprint density at radius 1 is 1.37 bits per heavy atom. The molecule has 1 heterocycles. The highest BCUT2D eigenvalue weighted by Gasteiger charge is 2.14. The largest absolute Gasteiger partial charge is 0.437 e. The maximum atomic E-state index is 12.9. The van der Waals surface area contributed by atoms with E-state index in [1.807, 2.05) is 0 Å². The first kappa shape index (κ1) is 13.1. The molecule has 0 unspecified atom stereocenters. The number of nitrogens with two attached hydrogens (primary N) is 2. The third-order valence-corrected chi connectivity index (χ3v) is 2.53. The minimum Gasteiger partial charge on any atom is -0.437 e. The van der Waals surface area contributed by atoms with Crippen molar-refractivity contribution in [3.8, 4) is 11.6 Å². The Morgan fingerprint density at radius 2 is 2.11 bits per heavy atom. The number of carbonyl (C=O) groups excluding carboxylic acids is 1. The number of anilines is 1. The zero-order chi connectivity index (χ0) is 14.0. The molecule has 19 heavy (non-hydrogen) atoms. The number of nitrogen functional groups attached to an aromatic ring is 1. The third kappa shape index (κ3) is 2.92. The van der Waals surface area contributed by atoms with Crippen LogP contribution in [-0.4, -0.2) is 10.9 Å². The number of hydrogen-bond acceptors (Lipinski definition) is 4. The van der Waals surface area contributed by atoms with Gasteiger partial charge in [0.2, 0.25) is 5.88 Å². The Morgan fingerprint density at radius 3 is 2.74 bits per heavy atom. The summed E-state index contributed by atoms with van der Waals surface area (Å²) in [7, 11) is 0. The lowest BCUT2D eigenvalue weighted by atomic mass is 10.2. The van der Waals surface area contributed by atoms with Gasteiger partial charge in [-0.1, -0.05) is 11.6 Å².